The molecule has 0 bridgehead atoms. The summed E-state index contributed by atoms with van der Waals surface area (Å²) in [5.74, 6) is -0.0609. The molecule has 3 heterocycles. The number of aryl methyl sites for hydroxylation is 1. The van der Waals surface area contributed by atoms with Gasteiger partial charge in [-0.3, -0.25) is 4.68 Å². The van der Waals surface area contributed by atoms with Crippen molar-refractivity contribution in [2.24, 2.45) is 0 Å². The molecule has 8 heteroatoms. The summed E-state index contributed by atoms with van der Waals surface area (Å²) in [6, 6.07) is 3.80. The van der Waals surface area contributed by atoms with E-state index in [1.165, 1.54) is 6.42 Å². The van der Waals surface area contributed by atoms with Crippen LogP contribution >= 0.6 is 15.9 Å². The van der Waals surface area contributed by atoms with E-state index in [9.17, 15) is 4.39 Å². The molecule has 1 aliphatic rings. The lowest BCUT2D eigenvalue weighted by molar-refractivity contribution is 0.321. The first kappa shape index (κ1) is 16.7. The van der Waals surface area contributed by atoms with E-state index in [4.69, 9.17) is 5.73 Å². The number of benzene rings is 1. The highest BCUT2D eigenvalue weighted by Gasteiger charge is 2.25. The zero-order valence-electron chi connectivity index (χ0n) is 14.8. The van der Waals surface area contributed by atoms with Crippen molar-refractivity contribution in [2.45, 2.75) is 38.8 Å². The number of halogens is 2. The highest BCUT2D eigenvalue weighted by atomic mass is 79.9. The van der Waals surface area contributed by atoms with Crippen LogP contribution < -0.4 is 5.73 Å². The minimum Gasteiger partial charge on any atom is -0.368 e. The van der Waals surface area contributed by atoms with Crippen LogP contribution in [0.25, 0.3) is 33.2 Å². The van der Waals surface area contributed by atoms with Gasteiger partial charge in [0.15, 0.2) is 0 Å². The molecule has 5 rings (SSSR count). The fourth-order valence-electron chi connectivity index (χ4n) is 3.73. The van der Waals surface area contributed by atoms with Gasteiger partial charge in [0.05, 0.1) is 16.2 Å². The molecule has 0 aliphatic heterocycles. The van der Waals surface area contributed by atoms with Gasteiger partial charge in [0.2, 0.25) is 5.95 Å². The van der Waals surface area contributed by atoms with Gasteiger partial charge >= 0.3 is 0 Å². The maximum atomic E-state index is 14.3. The molecule has 0 atom stereocenters. The molecule has 0 unspecified atom stereocenters. The van der Waals surface area contributed by atoms with E-state index in [0.29, 0.717) is 27.2 Å². The molecule has 0 radical (unpaired) electrons. The van der Waals surface area contributed by atoms with Gasteiger partial charge in [0.25, 0.3) is 0 Å². The second kappa shape index (κ2) is 6.02. The lowest BCUT2D eigenvalue weighted by Gasteiger charge is -2.28. The largest absolute Gasteiger partial charge is 0.368 e. The minimum absolute atomic E-state index is 0.207. The smallest absolute Gasteiger partial charge is 0.221 e. The Balaban J connectivity index is 1.84. The Hall–Kier alpha value is -2.48. The molecule has 3 aromatic heterocycles. The van der Waals surface area contributed by atoms with Crippen LogP contribution in [-0.2, 0) is 6.54 Å². The Morgan fingerprint density at radius 3 is 2.78 bits per heavy atom. The summed E-state index contributed by atoms with van der Waals surface area (Å²) in [7, 11) is 0. The maximum Gasteiger partial charge on any atom is 0.221 e. The molecule has 1 saturated carbocycles. The summed E-state index contributed by atoms with van der Waals surface area (Å²) >= 11 is 3.32. The van der Waals surface area contributed by atoms with Crippen LogP contribution in [0.15, 0.2) is 29.0 Å². The van der Waals surface area contributed by atoms with E-state index in [2.05, 4.69) is 41.8 Å². The maximum absolute atomic E-state index is 14.3. The predicted octanol–water partition coefficient (Wildman–Crippen LogP) is 4.68. The summed E-state index contributed by atoms with van der Waals surface area (Å²) in [6.45, 7) is 2.75. The van der Waals surface area contributed by atoms with Gasteiger partial charge in [-0.2, -0.15) is 5.10 Å². The molecule has 138 valence electrons. The minimum atomic E-state index is -0.268. The first-order valence-electron chi connectivity index (χ1n) is 9.05. The first-order chi connectivity index (χ1) is 13.0. The third-order valence-corrected chi connectivity index (χ3v) is 5.96. The van der Waals surface area contributed by atoms with E-state index in [1.54, 1.807) is 6.07 Å². The average molecular weight is 429 g/mol. The van der Waals surface area contributed by atoms with Gasteiger partial charge in [-0.15, -0.1) is 0 Å². The lowest BCUT2D eigenvalue weighted by atomic mass is 9.93. The third kappa shape index (κ3) is 2.54. The second-order valence-corrected chi connectivity index (χ2v) is 7.82. The monoisotopic (exact) mass is 428 g/mol. The van der Waals surface area contributed by atoms with Crippen molar-refractivity contribution in [3.63, 3.8) is 0 Å². The van der Waals surface area contributed by atoms with Crippen molar-refractivity contribution in [1.82, 2.24) is 24.3 Å². The van der Waals surface area contributed by atoms with Gasteiger partial charge in [0.1, 0.15) is 22.5 Å². The Morgan fingerprint density at radius 1 is 1.26 bits per heavy atom. The van der Waals surface area contributed by atoms with Gasteiger partial charge in [-0.05, 0) is 54.2 Å². The number of rotatable bonds is 3. The van der Waals surface area contributed by atoms with E-state index in [1.807, 2.05) is 23.9 Å². The number of nitrogens with two attached hydrogens (primary N) is 1. The topological polar surface area (TPSA) is 74.6 Å². The first-order valence-corrected chi connectivity index (χ1v) is 9.85. The van der Waals surface area contributed by atoms with Crippen molar-refractivity contribution < 1.29 is 4.39 Å². The van der Waals surface area contributed by atoms with Crippen LogP contribution in [-0.4, -0.2) is 24.3 Å². The van der Waals surface area contributed by atoms with Crippen LogP contribution in [0.5, 0.6) is 0 Å². The molecule has 0 spiro atoms. The predicted molar refractivity (Wildman–Crippen MR) is 107 cm³/mol. The Kier molecular flexibility index (Phi) is 3.72. The average Bonchev–Trinajstić information content (AvgIpc) is 3.15. The summed E-state index contributed by atoms with van der Waals surface area (Å²) in [5, 5.41) is 5.56. The fourth-order valence-corrected chi connectivity index (χ4v) is 4.07. The molecule has 6 nitrogen and oxygen atoms in total. The van der Waals surface area contributed by atoms with Crippen LogP contribution in [0.1, 0.15) is 32.2 Å². The number of hydrogen-bond acceptors (Lipinski definition) is 4. The number of aromatic nitrogens is 5. The normalized spacial score (nSPS) is 14.9. The third-order valence-electron chi connectivity index (χ3n) is 5.35. The molecule has 1 aliphatic carbocycles. The summed E-state index contributed by atoms with van der Waals surface area (Å²) in [4.78, 5) is 8.83. The molecule has 0 amide bonds. The zero-order valence-corrected chi connectivity index (χ0v) is 16.4. The van der Waals surface area contributed by atoms with Crippen LogP contribution in [0.2, 0.25) is 0 Å². The zero-order chi connectivity index (χ0) is 18.7. The van der Waals surface area contributed by atoms with Crippen LogP contribution in [0, 0.1) is 5.82 Å². The summed E-state index contributed by atoms with van der Waals surface area (Å²) in [6.07, 6.45) is 7.34. The lowest BCUT2D eigenvalue weighted by Crippen LogP contribution is -2.15. The van der Waals surface area contributed by atoms with Gasteiger partial charge in [-0.1, -0.05) is 0 Å². The fraction of sp³-hybridized carbons (Fsp3) is 0.316. The molecule has 2 N–H and O–H groups in total. The van der Waals surface area contributed by atoms with Crippen molar-refractivity contribution >= 4 is 43.8 Å². The SMILES string of the molecule is CCn1cc2nc(N)nc(-c3cn(C4CCC4)c4cc(F)c(Br)cc34)c2n1. The number of fused-ring (bicyclic) bond motifs is 2. The molecule has 1 aromatic carbocycles. The number of nitrogen functional groups attached to an aromatic ring is 1. The molecule has 1 fully saturated rings. The standard InChI is InChI=1S/C19H18BrFN6/c1-2-26-9-15-18(25-26)17(24-19(22)23-15)12-8-27(10-4-3-5-10)16-7-14(21)13(20)6-11(12)16/h6-10H,2-5H2,1H3,(H2,22,23). The van der Waals surface area contributed by atoms with Gasteiger partial charge in [0, 0.05) is 29.7 Å². The highest BCUT2D eigenvalue weighted by Crippen LogP contribution is 2.41. The van der Waals surface area contributed by atoms with Crippen molar-refractivity contribution in [3.05, 3.63) is 34.8 Å². The van der Waals surface area contributed by atoms with Crippen LogP contribution in [0.4, 0.5) is 10.3 Å². The molecule has 27 heavy (non-hydrogen) atoms. The number of nitrogens with zero attached hydrogens (tertiary/aromatic N) is 5. The van der Waals surface area contributed by atoms with E-state index in [-0.39, 0.29) is 11.8 Å². The number of anilines is 1. The van der Waals surface area contributed by atoms with Crippen molar-refractivity contribution in [3.8, 4) is 11.3 Å². The highest BCUT2D eigenvalue weighted by molar-refractivity contribution is 9.10. The Morgan fingerprint density at radius 2 is 2.07 bits per heavy atom. The van der Waals surface area contributed by atoms with Crippen molar-refractivity contribution in [1.29, 1.82) is 0 Å². The van der Waals surface area contributed by atoms with E-state index >= 15 is 0 Å². The molecule has 4 aromatic rings. The molecule has 0 saturated heterocycles. The van der Waals surface area contributed by atoms with Crippen LogP contribution in [0.3, 0.4) is 0 Å². The molecular weight excluding hydrogens is 411 g/mol. The summed E-state index contributed by atoms with van der Waals surface area (Å²) < 4.78 is 18.7. The summed E-state index contributed by atoms with van der Waals surface area (Å²) in [5.41, 5.74) is 9.86. The Labute approximate surface area is 163 Å². The molecular formula is C19H18BrFN6. The Bertz CT molecular complexity index is 1190. The van der Waals surface area contributed by atoms with E-state index < -0.39 is 0 Å². The quantitative estimate of drug-likeness (QED) is 0.514. The van der Waals surface area contributed by atoms with E-state index in [0.717, 1.165) is 35.9 Å². The van der Waals surface area contributed by atoms with Gasteiger partial charge in [-0.25, -0.2) is 14.4 Å². The second-order valence-electron chi connectivity index (χ2n) is 6.97. The van der Waals surface area contributed by atoms with Gasteiger partial charge < -0.3 is 10.3 Å². The van der Waals surface area contributed by atoms with Crippen molar-refractivity contribution in [2.75, 3.05) is 5.73 Å². The number of hydrogen-bond donors (Lipinski definition) is 1.